The highest BCUT2D eigenvalue weighted by Crippen LogP contribution is 2.32. The number of amides is 1. The summed E-state index contributed by atoms with van der Waals surface area (Å²) in [5.41, 5.74) is 4.57. The van der Waals surface area contributed by atoms with Crippen molar-refractivity contribution in [2.45, 2.75) is 31.6 Å². The number of thioether (sulfide) groups is 1. The molecule has 34 heavy (non-hydrogen) atoms. The third-order valence-corrected chi connectivity index (χ3v) is 7.14. The third-order valence-electron chi connectivity index (χ3n) is 6.41. The van der Waals surface area contributed by atoms with Gasteiger partial charge >= 0.3 is 0 Å². The van der Waals surface area contributed by atoms with Gasteiger partial charge in [-0.3, -0.25) is 4.79 Å². The van der Waals surface area contributed by atoms with Gasteiger partial charge in [-0.25, -0.2) is 4.68 Å². The minimum absolute atomic E-state index is 0.0465. The normalized spacial score (nSPS) is 16.1. The van der Waals surface area contributed by atoms with Gasteiger partial charge in [-0.2, -0.15) is 10.2 Å². The fraction of sp³-hybridized carbons (Fsp3) is 0.308. The van der Waals surface area contributed by atoms with E-state index in [4.69, 9.17) is 5.10 Å². The zero-order valence-corrected chi connectivity index (χ0v) is 20.5. The number of hydrogen-bond donors (Lipinski definition) is 1. The van der Waals surface area contributed by atoms with Crippen molar-refractivity contribution in [3.05, 3.63) is 66.0 Å². The Morgan fingerprint density at radius 2 is 1.91 bits per heavy atom. The highest BCUT2D eigenvalue weighted by Gasteiger charge is 2.29. The van der Waals surface area contributed by atoms with Crippen LogP contribution in [0, 0.1) is 19.8 Å². The van der Waals surface area contributed by atoms with E-state index in [0.29, 0.717) is 6.54 Å². The fourth-order valence-electron chi connectivity index (χ4n) is 4.67. The van der Waals surface area contributed by atoms with Crippen molar-refractivity contribution in [3.63, 3.8) is 0 Å². The number of carbonyl (C=O) groups is 1. The van der Waals surface area contributed by atoms with Gasteiger partial charge in [-0.05, 0) is 63.3 Å². The third kappa shape index (κ3) is 4.25. The van der Waals surface area contributed by atoms with Crippen LogP contribution < -0.4 is 10.2 Å². The summed E-state index contributed by atoms with van der Waals surface area (Å²) in [4.78, 5) is 16.4. The summed E-state index contributed by atoms with van der Waals surface area (Å²) in [6.45, 7) is 5.46. The van der Waals surface area contributed by atoms with Gasteiger partial charge in [0.05, 0.1) is 28.4 Å². The Morgan fingerprint density at radius 1 is 1.09 bits per heavy atom. The molecule has 0 bridgehead atoms. The first-order valence-corrected chi connectivity index (χ1v) is 12.8. The molecule has 8 heteroatoms. The molecular weight excluding hydrogens is 444 g/mol. The lowest BCUT2D eigenvalue weighted by Gasteiger charge is -2.32. The number of nitrogens with zero attached hydrogens (tertiary/aromatic N) is 5. The average Bonchev–Trinajstić information content (AvgIpc) is 3.23. The van der Waals surface area contributed by atoms with Crippen molar-refractivity contribution < 1.29 is 4.79 Å². The van der Waals surface area contributed by atoms with E-state index in [1.807, 2.05) is 72.5 Å². The SMILES string of the molecule is CSc1cccc(NC(=O)[C@H]2CCCN(c3nnc(C)c4c(C)n(-c5ccccc5)nc34)C2)c1. The predicted molar refractivity (Wildman–Crippen MR) is 138 cm³/mol. The van der Waals surface area contributed by atoms with Crippen LogP contribution in [0.25, 0.3) is 16.6 Å². The Morgan fingerprint density at radius 3 is 2.71 bits per heavy atom. The number of piperidine rings is 1. The van der Waals surface area contributed by atoms with Crippen LogP contribution in [0.2, 0.25) is 0 Å². The van der Waals surface area contributed by atoms with Crippen molar-refractivity contribution >= 4 is 40.1 Å². The maximum Gasteiger partial charge on any atom is 0.229 e. The van der Waals surface area contributed by atoms with Crippen molar-refractivity contribution in [3.8, 4) is 5.69 Å². The summed E-state index contributed by atoms with van der Waals surface area (Å²) in [5, 5.41) is 18.1. The van der Waals surface area contributed by atoms with Crippen LogP contribution >= 0.6 is 11.8 Å². The highest BCUT2D eigenvalue weighted by atomic mass is 32.2. The number of aromatic nitrogens is 4. The average molecular weight is 473 g/mol. The molecule has 3 heterocycles. The van der Waals surface area contributed by atoms with E-state index in [-0.39, 0.29) is 11.8 Å². The molecule has 1 amide bonds. The summed E-state index contributed by atoms with van der Waals surface area (Å²) in [6, 6.07) is 18.1. The van der Waals surface area contributed by atoms with Crippen molar-refractivity contribution in [1.29, 1.82) is 0 Å². The molecule has 1 aliphatic rings. The number of rotatable bonds is 5. The van der Waals surface area contributed by atoms with Gasteiger partial charge < -0.3 is 10.2 Å². The monoisotopic (exact) mass is 472 g/mol. The lowest BCUT2D eigenvalue weighted by Crippen LogP contribution is -2.41. The number of carbonyl (C=O) groups excluding carboxylic acids is 1. The van der Waals surface area contributed by atoms with Crippen LogP contribution in [-0.2, 0) is 4.79 Å². The van der Waals surface area contributed by atoms with E-state index in [0.717, 1.165) is 63.8 Å². The van der Waals surface area contributed by atoms with E-state index >= 15 is 0 Å². The Bertz CT molecular complexity index is 1340. The summed E-state index contributed by atoms with van der Waals surface area (Å²) in [6.07, 6.45) is 3.80. The minimum atomic E-state index is -0.123. The highest BCUT2D eigenvalue weighted by molar-refractivity contribution is 7.98. The molecule has 0 aliphatic carbocycles. The van der Waals surface area contributed by atoms with Gasteiger partial charge in [0.15, 0.2) is 5.82 Å². The standard InChI is InChI=1S/C26H28N6OS/c1-17-23-18(2)32(21-11-5-4-6-12-21)30-24(23)25(29-28-17)31-14-8-9-19(16-31)26(33)27-20-10-7-13-22(15-20)34-3/h4-7,10-13,15,19H,8-9,14,16H2,1-3H3,(H,27,33)/t19-/m0/s1. The second-order valence-electron chi connectivity index (χ2n) is 8.67. The molecule has 0 spiro atoms. The molecule has 0 radical (unpaired) electrons. The van der Waals surface area contributed by atoms with Crippen LogP contribution in [0.1, 0.15) is 24.2 Å². The lowest BCUT2D eigenvalue weighted by molar-refractivity contribution is -0.120. The Hall–Kier alpha value is -3.39. The number of benzene rings is 2. The number of aryl methyl sites for hydroxylation is 2. The van der Waals surface area contributed by atoms with Crippen molar-refractivity contribution in [2.75, 3.05) is 29.6 Å². The van der Waals surface area contributed by atoms with Gasteiger partial charge in [-0.1, -0.05) is 24.3 Å². The van der Waals surface area contributed by atoms with Crippen LogP contribution in [0.5, 0.6) is 0 Å². The first-order valence-electron chi connectivity index (χ1n) is 11.5. The summed E-state index contributed by atoms with van der Waals surface area (Å²) >= 11 is 1.66. The molecule has 2 aromatic carbocycles. The molecule has 1 saturated heterocycles. The number of anilines is 2. The first-order chi connectivity index (χ1) is 16.5. The second kappa shape index (κ2) is 9.46. The van der Waals surface area contributed by atoms with Gasteiger partial charge in [0, 0.05) is 23.7 Å². The van der Waals surface area contributed by atoms with E-state index in [1.165, 1.54) is 0 Å². The maximum absolute atomic E-state index is 13.1. The minimum Gasteiger partial charge on any atom is -0.352 e. The van der Waals surface area contributed by atoms with Crippen LogP contribution in [-0.4, -0.2) is 45.2 Å². The topological polar surface area (TPSA) is 75.9 Å². The summed E-state index contributed by atoms with van der Waals surface area (Å²) < 4.78 is 1.96. The van der Waals surface area contributed by atoms with Crippen LogP contribution in [0.15, 0.2) is 59.5 Å². The van der Waals surface area contributed by atoms with Crippen molar-refractivity contribution in [1.82, 2.24) is 20.0 Å². The zero-order chi connectivity index (χ0) is 23.7. The Kier molecular flexibility index (Phi) is 6.24. The summed E-state index contributed by atoms with van der Waals surface area (Å²) in [7, 11) is 0. The second-order valence-corrected chi connectivity index (χ2v) is 9.55. The quantitative estimate of drug-likeness (QED) is 0.412. The smallest absolute Gasteiger partial charge is 0.229 e. The molecule has 1 atom stereocenters. The molecule has 1 fully saturated rings. The number of fused-ring (bicyclic) bond motifs is 1. The van der Waals surface area contributed by atoms with Gasteiger partial charge in [-0.15, -0.1) is 16.9 Å². The molecular formula is C26H28N6OS. The molecule has 2 aromatic heterocycles. The molecule has 1 N–H and O–H groups in total. The number of hydrogen-bond acceptors (Lipinski definition) is 6. The van der Waals surface area contributed by atoms with E-state index in [2.05, 4.69) is 27.3 Å². The molecule has 4 aromatic rings. The van der Waals surface area contributed by atoms with E-state index < -0.39 is 0 Å². The predicted octanol–water partition coefficient (Wildman–Crippen LogP) is 5.01. The van der Waals surface area contributed by atoms with E-state index in [1.54, 1.807) is 11.8 Å². The Labute approximate surface area is 203 Å². The molecule has 7 nitrogen and oxygen atoms in total. The van der Waals surface area contributed by atoms with Gasteiger partial charge in [0.1, 0.15) is 5.52 Å². The molecule has 0 saturated carbocycles. The van der Waals surface area contributed by atoms with Gasteiger partial charge in [0.25, 0.3) is 0 Å². The van der Waals surface area contributed by atoms with Crippen LogP contribution in [0.3, 0.4) is 0 Å². The molecule has 0 unspecified atom stereocenters. The first kappa shape index (κ1) is 22.4. The maximum atomic E-state index is 13.1. The molecule has 5 rings (SSSR count). The number of para-hydroxylation sites is 1. The lowest BCUT2D eigenvalue weighted by atomic mass is 9.97. The zero-order valence-electron chi connectivity index (χ0n) is 19.7. The van der Waals surface area contributed by atoms with Crippen molar-refractivity contribution in [2.24, 2.45) is 5.92 Å². The molecule has 174 valence electrons. The van der Waals surface area contributed by atoms with E-state index in [9.17, 15) is 4.79 Å². The number of nitrogens with one attached hydrogen (secondary N) is 1. The molecule has 1 aliphatic heterocycles. The van der Waals surface area contributed by atoms with Gasteiger partial charge in [0.2, 0.25) is 5.91 Å². The van der Waals surface area contributed by atoms with Crippen LogP contribution in [0.4, 0.5) is 11.5 Å². The Balaban J connectivity index is 1.43. The summed E-state index contributed by atoms with van der Waals surface area (Å²) in [5.74, 6) is 0.674. The largest absolute Gasteiger partial charge is 0.352 e. The fourth-order valence-corrected chi connectivity index (χ4v) is 5.13.